The molecule has 8 heteroatoms. The molecule has 0 aliphatic heterocycles. The number of rotatable bonds is 6. The Morgan fingerprint density at radius 3 is 2.34 bits per heavy atom. The van der Waals surface area contributed by atoms with E-state index in [1.165, 1.54) is 30.0 Å². The van der Waals surface area contributed by atoms with Crippen molar-refractivity contribution in [2.24, 2.45) is 0 Å². The highest BCUT2D eigenvalue weighted by molar-refractivity contribution is 8.00. The highest BCUT2D eigenvalue weighted by Gasteiger charge is 2.07. The maximum absolute atomic E-state index is 13.2. The summed E-state index contributed by atoms with van der Waals surface area (Å²) in [5.74, 6) is -0.536. The van der Waals surface area contributed by atoms with Crippen molar-refractivity contribution in [1.82, 2.24) is 0 Å². The zero-order chi connectivity index (χ0) is 20.6. The van der Waals surface area contributed by atoms with Crippen LogP contribution < -0.4 is 16.0 Å². The van der Waals surface area contributed by atoms with Crippen LogP contribution in [0.3, 0.4) is 0 Å². The molecule has 148 valence electrons. The van der Waals surface area contributed by atoms with Crippen LogP contribution in [0, 0.1) is 5.82 Å². The first kappa shape index (κ1) is 21.1. The van der Waals surface area contributed by atoms with E-state index in [-0.39, 0.29) is 16.7 Å². The summed E-state index contributed by atoms with van der Waals surface area (Å²) in [6.45, 7) is 0. The van der Waals surface area contributed by atoms with Crippen molar-refractivity contribution in [2.45, 2.75) is 4.90 Å². The van der Waals surface area contributed by atoms with E-state index < -0.39 is 5.82 Å². The number of thiocarbonyl (C=S) groups is 1. The summed E-state index contributed by atoms with van der Waals surface area (Å²) in [7, 11) is 0. The number of nitrogens with one attached hydrogen (secondary N) is 3. The first-order valence-electron chi connectivity index (χ1n) is 8.60. The number of hydrogen-bond donors (Lipinski definition) is 3. The normalized spacial score (nSPS) is 10.3. The van der Waals surface area contributed by atoms with E-state index in [1.807, 2.05) is 54.6 Å². The molecule has 0 saturated heterocycles. The van der Waals surface area contributed by atoms with Crippen molar-refractivity contribution in [3.63, 3.8) is 0 Å². The number of halogens is 2. The van der Waals surface area contributed by atoms with E-state index in [2.05, 4.69) is 16.0 Å². The summed E-state index contributed by atoms with van der Waals surface area (Å²) in [6, 6.07) is 21.3. The van der Waals surface area contributed by atoms with Crippen LogP contribution in [0.4, 0.5) is 21.5 Å². The predicted octanol–water partition coefficient (Wildman–Crippen LogP) is 6.02. The number of thioether (sulfide) groups is 1. The molecule has 0 aromatic heterocycles. The van der Waals surface area contributed by atoms with Gasteiger partial charge in [-0.05, 0) is 60.7 Å². The molecule has 0 spiro atoms. The van der Waals surface area contributed by atoms with Crippen LogP contribution in [0.5, 0.6) is 0 Å². The van der Waals surface area contributed by atoms with Crippen LogP contribution in [0.2, 0.25) is 5.02 Å². The average Bonchev–Trinajstić information content (AvgIpc) is 2.70. The number of benzene rings is 3. The Bertz CT molecular complexity index is 1020. The van der Waals surface area contributed by atoms with Crippen molar-refractivity contribution >= 4 is 63.7 Å². The third-order valence-electron chi connectivity index (χ3n) is 3.70. The fourth-order valence-electron chi connectivity index (χ4n) is 2.40. The zero-order valence-electron chi connectivity index (χ0n) is 15.1. The Kier molecular flexibility index (Phi) is 7.46. The van der Waals surface area contributed by atoms with Gasteiger partial charge in [0, 0.05) is 22.0 Å². The van der Waals surface area contributed by atoms with Gasteiger partial charge in [-0.25, -0.2) is 4.39 Å². The van der Waals surface area contributed by atoms with Crippen molar-refractivity contribution < 1.29 is 9.18 Å². The molecule has 0 bridgehead atoms. The van der Waals surface area contributed by atoms with Crippen LogP contribution in [-0.2, 0) is 4.79 Å². The number of carbonyl (C=O) groups excluding carboxylic acids is 1. The molecule has 3 N–H and O–H groups in total. The molecule has 0 radical (unpaired) electrons. The fraction of sp³-hybridized carbons (Fsp3) is 0.0476. The highest BCUT2D eigenvalue weighted by atomic mass is 35.5. The molecule has 0 unspecified atom stereocenters. The second-order valence-corrected chi connectivity index (χ2v) is 7.80. The first-order valence-corrected chi connectivity index (χ1v) is 10.4. The molecule has 3 rings (SSSR count). The Morgan fingerprint density at radius 2 is 1.59 bits per heavy atom. The lowest BCUT2D eigenvalue weighted by atomic mass is 10.3. The molecule has 0 heterocycles. The summed E-state index contributed by atoms with van der Waals surface area (Å²) in [4.78, 5) is 13.0. The lowest BCUT2D eigenvalue weighted by Crippen LogP contribution is -2.19. The molecule has 1 amide bonds. The van der Waals surface area contributed by atoms with E-state index in [0.717, 1.165) is 16.3 Å². The summed E-state index contributed by atoms with van der Waals surface area (Å²) < 4.78 is 13.2. The number of hydrogen-bond acceptors (Lipinski definition) is 3. The van der Waals surface area contributed by atoms with Crippen LogP contribution in [0.15, 0.2) is 77.7 Å². The minimum absolute atomic E-state index is 0.0330. The van der Waals surface area contributed by atoms with Gasteiger partial charge in [0.25, 0.3) is 0 Å². The van der Waals surface area contributed by atoms with Gasteiger partial charge in [0.2, 0.25) is 5.91 Å². The molecule has 4 nitrogen and oxygen atoms in total. The van der Waals surface area contributed by atoms with E-state index in [9.17, 15) is 9.18 Å². The van der Waals surface area contributed by atoms with Crippen LogP contribution in [0.25, 0.3) is 0 Å². The topological polar surface area (TPSA) is 53.2 Å². The Balaban J connectivity index is 1.52. The summed E-state index contributed by atoms with van der Waals surface area (Å²) >= 11 is 12.4. The molecular weight excluding hydrogens is 429 g/mol. The molecule has 0 fully saturated rings. The minimum atomic E-state index is -0.525. The monoisotopic (exact) mass is 445 g/mol. The van der Waals surface area contributed by atoms with Gasteiger partial charge in [0.1, 0.15) is 5.82 Å². The van der Waals surface area contributed by atoms with Gasteiger partial charge in [-0.15, -0.1) is 11.8 Å². The lowest BCUT2D eigenvalue weighted by Gasteiger charge is -2.11. The lowest BCUT2D eigenvalue weighted by molar-refractivity contribution is -0.113. The van der Waals surface area contributed by atoms with Crippen LogP contribution in [-0.4, -0.2) is 16.8 Å². The van der Waals surface area contributed by atoms with Gasteiger partial charge in [0.05, 0.1) is 10.8 Å². The molecule has 0 aliphatic rings. The minimum Gasteiger partial charge on any atom is -0.332 e. The number of anilines is 3. The Hall–Kier alpha value is -2.61. The van der Waals surface area contributed by atoms with Gasteiger partial charge in [-0.3, -0.25) is 4.79 Å². The summed E-state index contributed by atoms with van der Waals surface area (Å²) in [5, 5.41) is 9.37. The number of para-hydroxylation sites is 1. The summed E-state index contributed by atoms with van der Waals surface area (Å²) in [5.41, 5.74) is 2.16. The highest BCUT2D eigenvalue weighted by Crippen LogP contribution is 2.23. The smallest absolute Gasteiger partial charge is 0.234 e. The third-order valence-corrected chi connectivity index (χ3v) is 5.18. The number of carbonyl (C=O) groups is 1. The summed E-state index contributed by atoms with van der Waals surface area (Å²) in [6.07, 6.45) is 0. The number of amides is 1. The Morgan fingerprint density at radius 1 is 0.897 bits per heavy atom. The van der Waals surface area contributed by atoms with Crippen molar-refractivity contribution in [2.75, 3.05) is 21.7 Å². The zero-order valence-corrected chi connectivity index (χ0v) is 17.5. The molecular formula is C21H17ClFN3OS2. The second kappa shape index (κ2) is 10.2. The maximum Gasteiger partial charge on any atom is 0.234 e. The van der Waals surface area contributed by atoms with Gasteiger partial charge in [-0.1, -0.05) is 35.9 Å². The van der Waals surface area contributed by atoms with Crippen LogP contribution in [0.1, 0.15) is 0 Å². The van der Waals surface area contributed by atoms with Gasteiger partial charge in [0.15, 0.2) is 5.11 Å². The Labute approximate surface area is 182 Å². The van der Waals surface area contributed by atoms with Crippen molar-refractivity contribution in [3.05, 3.63) is 83.6 Å². The van der Waals surface area contributed by atoms with E-state index in [0.29, 0.717) is 10.8 Å². The van der Waals surface area contributed by atoms with E-state index in [1.54, 1.807) is 0 Å². The molecule has 3 aromatic carbocycles. The quantitative estimate of drug-likeness (QED) is 0.320. The fourth-order valence-corrected chi connectivity index (χ4v) is 3.57. The van der Waals surface area contributed by atoms with Crippen molar-refractivity contribution in [1.29, 1.82) is 0 Å². The second-order valence-electron chi connectivity index (χ2n) is 5.94. The molecule has 0 aliphatic carbocycles. The van der Waals surface area contributed by atoms with Crippen LogP contribution >= 0.6 is 35.6 Å². The first-order chi connectivity index (χ1) is 14.0. The largest absolute Gasteiger partial charge is 0.332 e. The predicted molar refractivity (Wildman–Crippen MR) is 123 cm³/mol. The SMILES string of the molecule is O=C(CSc1cccc(NC(=S)Nc2ccccc2)c1)Nc1ccc(F)c(Cl)c1. The van der Waals surface area contributed by atoms with E-state index >= 15 is 0 Å². The molecule has 29 heavy (non-hydrogen) atoms. The van der Waals surface area contributed by atoms with Gasteiger partial charge >= 0.3 is 0 Å². The van der Waals surface area contributed by atoms with Gasteiger partial charge in [-0.2, -0.15) is 0 Å². The maximum atomic E-state index is 13.2. The van der Waals surface area contributed by atoms with Gasteiger partial charge < -0.3 is 16.0 Å². The van der Waals surface area contributed by atoms with Crippen molar-refractivity contribution in [3.8, 4) is 0 Å². The molecule has 3 aromatic rings. The standard InChI is InChI=1S/C21H17ClFN3OS2/c22-18-12-16(9-10-19(18)23)24-20(27)13-29-17-8-4-7-15(11-17)26-21(28)25-14-5-2-1-3-6-14/h1-12H,13H2,(H,24,27)(H2,25,26,28). The average molecular weight is 446 g/mol. The molecule has 0 atom stereocenters. The van der Waals surface area contributed by atoms with E-state index in [4.69, 9.17) is 23.8 Å². The molecule has 0 saturated carbocycles. The third kappa shape index (κ3) is 6.74.